The lowest BCUT2D eigenvalue weighted by molar-refractivity contribution is 1.27. The molecule has 0 aliphatic rings. The van der Waals surface area contributed by atoms with E-state index in [2.05, 4.69) is 33.8 Å². The Morgan fingerprint density at radius 1 is 1.10 bits per heavy atom. The minimum absolute atomic E-state index is 0.552. The summed E-state index contributed by atoms with van der Waals surface area (Å²) in [5.41, 5.74) is 1.99. The molecule has 0 amide bonds. The van der Waals surface area contributed by atoms with Crippen LogP contribution < -0.4 is 10.6 Å². The average Bonchev–Trinajstić information content (AvgIpc) is 2.84. The molecular formula is C15H13N3S2. The standard InChI is InChI=1S/C15H13N3S2/c1-10-9-20-15(16-10)18-14(19)17-13-8-4-6-11-5-2-3-7-12(11)13/h2-9H,1H3,(H2,16,17,18,19). The summed E-state index contributed by atoms with van der Waals surface area (Å²) in [7, 11) is 0. The van der Waals surface area contributed by atoms with Gasteiger partial charge in [0.15, 0.2) is 10.2 Å². The zero-order valence-electron chi connectivity index (χ0n) is 10.9. The van der Waals surface area contributed by atoms with E-state index in [1.165, 1.54) is 5.39 Å². The molecule has 0 aliphatic carbocycles. The molecule has 0 saturated heterocycles. The molecule has 1 aromatic heterocycles. The number of nitrogens with zero attached hydrogens (tertiary/aromatic N) is 1. The van der Waals surface area contributed by atoms with Gasteiger partial charge >= 0.3 is 0 Å². The topological polar surface area (TPSA) is 37.0 Å². The summed E-state index contributed by atoms with van der Waals surface area (Å²) in [5, 5.41) is 12.0. The van der Waals surface area contributed by atoms with Crippen molar-refractivity contribution in [1.82, 2.24) is 4.98 Å². The normalized spacial score (nSPS) is 10.4. The Morgan fingerprint density at radius 2 is 1.90 bits per heavy atom. The first-order valence-corrected chi connectivity index (χ1v) is 7.49. The van der Waals surface area contributed by atoms with Gasteiger partial charge < -0.3 is 10.6 Å². The molecule has 0 bridgehead atoms. The highest BCUT2D eigenvalue weighted by molar-refractivity contribution is 7.80. The number of anilines is 2. The van der Waals surface area contributed by atoms with E-state index in [4.69, 9.17) is 12.2 Å². The van der Waals surface area contributed by atoms with Crippen molar-refractivity contribution in [2.45, 2.75) is 6.92 Å². The molecule has 0 spiro atoms. The molecule has 0 atom stereocenters. The number of thiocarbonyl (C=S) groups is 1. The van der Waals surface area contributed by atoms with Crippen LogP contribution in [-0.2, 0) is 0 Å². The maximum absolute atomic E-state index is 5.33. The molecule has 20 heavy (non-hydrogen) atoms. The van der Waals surface area contributed by atoms with Gasteiger partial charge in [0.05, 0.1) is 5.69 Å². The molecule has 2 N–H and O–H groups in total. The van der Waals surface area contributed by atoms with Gasteiger partial charge in [0, 0.05) is 16.5 Å². The number of rotatable bonds is 2. The van der Waals surface area contributed by atoms with Crippen LogP contribution in [0.2, 0.25) is 0 Å². The number of aryl methyl sites for hydroxylation is 1. The number of nitrogens with one attached hydrogen (secondary N) is 2. The van der Waals surface area contributed by atoms with Crippen molar-refractivity contribution in [1.29, 1.82) is 0 Å². The van der Waals surface area contributed by atoms with Gasteiger partial charge in [-0.3, -0.25) is 0 Å². The maximum Gasteiger partial charge on any atom is 0.189 e. The van der Waals surface area contributed by atoms with Crippen LogP contribution in [0.4, 0.5) is 10.8 Å². The zero-order chi connectivity index (χ0) is 13.9. The third-order valence-corrected chi connectivity index (χ3v) is 3.96. The number of hydrogen-bond acceptors (Lipinski definition) is 3. The van der Waals surface area contributed by atoms with Crippen LogP contribution in [-0.4, -0.2) is 10.1 Å². The predicted octanol–water partition coefficient (Wildman–Crippen LogP) is 4.41. The first-order valence-electron chi connectivity index (χ1n) is 6.20. The molecule has 100 valence electrons. The summed E-state index contributed by atoms with van der Waals surface area (Å²) < 4.78 is 0. The van der Waals surface area contributed by atoms with Gasteiger partial charge in [-0.2, -0.15) is 0 Å². The molecule has 1 heterocycles. The van der Waals surface area contributed by atoms with Crippen molar-refractivity contribution >= 4 is 50.3 Å². The third kappa shape index (κ3) is 2.79. The second-order valence-electron chi connectivity index (χ2n) is 4.40. The van der Waals surface area contributed by atoms with E-state index in [0.717, 1.165) is 21.9 Å². The van der Waals surface area contributed by atoms with Gasteiger partial charge in [-0.15, -0.1) is 11.3 Å². The number of aromatic nitrogens is 1. The Labute approximate surface area is 126 Å². The van der Waals surface area contributed by atoms with E-state index in [0.29, 0.717) is 5.11 Å². The fraction of sp³-hybridized carbons (Fsp3) is 0.0667. The number of benzene rings is 2. The Kier molecular flexibility index (Phi) is 3.62. The van der Waals surface area contributed by atoms with Gasteiger partial charge in [-0.25, -0.2) is 4.98 Å². The monoisotopic (exact) mass is 299 g/mol. The first-order chi connectivity index (χ1) is 9.72. The number of hydrogen-bond donors (Lipinski definition) is 2. The zero-order valence-corrected chi connectivity index (χ0v) is 12.5. The fourth-order valence-electron chi connectivity index (χ4n) is 2.00. The smallest absolute Gasteiger partial charge is 0.189 e. The van der Waals surface area contributed by atoms with Crippen molar-refractivity contribution in [2.24, 2.45) is 0 Å². The summed E-state index contributed by atoms with van der Waals surface area (Å²) in [4.78, 5) is 4.33. The highest BCUT2D eigenvalue weighted by Crippen LogP contribution is 2.23. The minimum Gasteiger partial charge on any atom is -0.332 e. The van der Waals surface area contributed by atoms with E-state index in [9.17, 15) is 0 Å². The maximum atomic E-state index is 5.33. The lowest BCUT2D eigenvalue weighted by Gasteiger charge is -2.11. The summed E-state index contributed by atoms with van der Waals surface area (Å²) in [6.45, 7) is 1.96. The SMILES string of the molecule is Cc1csc(NC(=S)Nc2cccc3ccccc23)n1. The van der Waals surface area contributed by atoms with E-state index >= 15 is 0 Å². The Morgan fingerprint density at radius 3 is 2.70 bits per heavy atom. The number of thiazole rings is 1. The second-order valence-corrected chi connectivity index (χ2v) is 5.67. The molecule has 3 nitrogen and oxygen atoms in total. The van der Waals surface area contributed by atoms with Gasteiger partial charge in [0.25, 0.3) is 0 Å². The van der Waals surface area contributed by atoms with Gasteiger partial charge in [0.1, 0.15) is 0 Å². The minimum atomic E-state index is 0.552. The van der Waals surface area contributed by atoms with Crippen molar-refractivity contribution in [3.8, 4) is 0 Å². The van der Waals surface area contributed by atoms with Crippen LogP contribution in [0.3, 0.4) is 0 Å². The van der Waals surface area contributed by atoms with E-state index in [1.807, 2.05) is 36.6 Å². The molecule has 3 aromatic rings. The van der Waals surface area contributed by atoms with Crippen molar-refractivity contribution in [2.75, 3.05) is 10.6 Å². The lowest BCUT2D eigenvalue weighted by atomic mass is 10.1. The molecule has 2 aromatic carbocycles. The third-order valence-electron chi connectivity index (χ3n) is 2.88. The average molecular weight is 299 g/mol. The molecule has 0 radical (unpaired) electrons. The van der Waals surface area contributed by atoms with Gasteiger partial charge in [-0.05, 0) is 30.6 Å². The molecule has 0 unspecified atom stereocenters. The van der Waals surface area contributed by atoms with Crippen molar-refractivity contribution < 1.29 is 0 Å². The molecule has 0 fully saturated rings. The molecule has 5 heteroatoms. The molecule has 0 saturated carbocycles. The van der Waals surface area contributed by atoms with Crippen molar-refractivity contribution in [3.63, 3.8) is 0 Å². The second kappa shape index (κ2) is 5.56. The van der Waals surface area contributed by atoms with E-state index in [1.54, 1.807) is 11.3 Å². The van der Waals surface area contributed by atoms with Gasteiger partial charge in [0.2, 0.25) is 0 Å². The Balaban J connectivity index is 1.81. The summed E-state index contributed by atoms with van der Waals surface area (Å²) in [6.07, 6.45) is 0. The lowest BCUT2D eigenvalue weighted by Crippen LogP contribution is -2.19. The highest BCUT2D eigenvalue weighted by atomic mass is 32.1. The Bertz CT molecular complexity index is 759. The summed E-state index contributed by atoms with van der Waals surface area (Å²) in [6, 6.07) is 14.3. The number of fused-ring (bicyclic) bond motifs is 1. The fourth-order valence-corrected chi connectivity index (χ4v) is 2.96. The van der Waals surface area contributed by atoms with Crippen LogP contribution in [0, 0.1) is 6.92 Å². The predicted molar refractivity (Wildman–Crippen MR) is 90.6 cm³/mol. The summed E-state index contributed by atoms with van der Waals surface area (Å²) >= 11 is 6.88. The van der Waals surface area contributed by atoms with E-state index < -0.39 is 0 Å². The van der Waals surface area contributed by atoms with Crippen LogP contribution in [0.15, 0.2) is 47.8 Å². The van der Waals surface area contributed by atoms with Crippen LogP contribution in [0.25, 0.3) is 10.8 Å². The first kappa shape index (κ1) is 13.0. The van der Waals surface area contributed by atoms with E-state index in [-0.39, 0.29) is 0 Å². The molecular weight excluding hydrogens is 286 g/mol. The molecule has 3 rings (SSSR count). The van der Waals surface area contributed by atoms with Crippen LogP contribution >= 0.6 is 23.6 Å². The quantitative estimate of drug-likeness (QED) is 0.687. The van der Waals surface area contributed by atoms with Crippen LogP contribution in [0.5, 0.6) is 0 Å². The van der Waals surface area contributed by atoms with Gasteiger partial charge in [-0.1, -0.05) is 36.4 Å². The summed E-state index contributed by atoms with van der Waals surface area (Å²) in [5.74, 6) is 0. The molecule has 0 aliphatic heterocycles. The largest absolute Gasteiger partial charge is 0.332 e. The Hall–Kier alpha value is -1.98. The highest BCUT2D eigenvalue weighted by Gasteiger charge is 2.04. The van der Waals surface area contributed by atoms with Crippen molar-refractivity contribution in [3.05, 3.63) is 53.5 Å². The van der Waals surface area contributed by atoms with Crippen LogP contribution in [0.1, 0.15) is 5.69 Å².